The Labute approximate surface area is 225 Å². The number of nitrogens with zero attached hydrogens (tertiary/aromatic N) is 1. The highest BCUT2D eigenvalue weighted by Crippen LogP contribution is 2.38. The first-order chi connectivity index (χ1) is 17.2. The zero-order valence-corrected chi connectivity index (χ0v) is 21.3. The van der Waals surface area contributed by atoms with Gasteiger partial charge in [0.2, 0.25) is 5.91 Å². The molecule has 4 rings (SSSR count). The number of anilines is 1. The Morgan fingerprint density at radius 3 is 2.42 bits per heavy atom. The van der Waals surface area contributed by atoms with Crippen LogP contribution in [-0.4, -0.2) is 28.5 Å². The second-order valence-electron chi connectivity index (χ2n) is 7.53. The van der Waals surface area contributed by atoms with Crippen LogP contribution < -0.4 is 10.1 Å². The lowest BCUT2D eigenvalue weighted by molar-refractivity contribution is -0.127. The first kappa shape index (κ1) is 26.0. The molecule has 184 valence electrons. The molecular formula is C25H16Cl3FN2O4S. The van der Waals surface area contributed by atoms with Crippen molar-refractivity contribution in [2.45, 2.75) is 6.61 Å². The van der Waals surface area contributed by atoms with Gasteiger partial charge in [-0.1, -0.05) is 59.1 Å². The van der Waals surface area contributed by atoms with Crippen molar-refractivity contribution in [1.82, 2.24) is 4.90 Å². The topological polar surface area (TPSA) is 75.7 Å². The Bertz CT molecular complexity index is 1380. The number of halogens is 4. The summed E-state index contributed by atoms with van der Waals surface area (Å²) in [5.41, 5.74) is 1.42. The van der Waals surface area contributed by atoms with Crippen molar-refractivity contribution in [3.63, 3.8) is 0 Å². The number of imide groups is 1. The highest BCUT2D eigenvalue weighted by atomic mass is 35.5. The molecular weight excluding hydrogens is 550 g/mol. The number of hydrogen-bond donors (Lipinski definition) is 1. The SMILES string of the molecule is O=C(CN1C(=O)S/C(=C/c2cc(Cl)c(OCc3cccc(F)c3)c(Cl)c2)C1=O)Nc1ccccc1Cl. The van der Waals surface area contributed by atoms with Crippen LogP contribution in [0.2, 0.25) is 15.1 Å². The number of para-hydroxylation sites is 1. The van der Waals surface area contributed by atoms with Crippen LogP contribution in [0.25, 0.3) is 6.08 Å². The molecule has 1 aliphatic rings. The number of benzene rings is 3. The Kier molecular flexibility index (Phi) is 8.21. The summed E-state index contributed by atoms with van der Waals surface area (Å²) < 4.78 is 19.0. The van der Waals surface area contributed by atoms with Gasteiger partial charge in [0.05, 0.1) is 25.7 Å². The molecule has 36 heavy (non-hydrogen) atoms. The van der Waals surface area contributed by atoms with Crippen molar-refractivity contribution >= 4 is 75.4 Å². The van der Waals surface area contributed by atoms with Crippen molar-refractivity contribution in [1.29, 1.82) is 0 Å². The number of carbonyl (C=O) groups is 3. The van der Waals surface area contributed by atoms with Gasteiger partial charge in [-0.2, -0.15) is 0 Å². The van der Waals surface area contributed by atoms with Crippen molar-refractivity contribution in [3.05, 3.63) is 97.6 Å². The maximum absolute atomic E-state index is 13.4. The number of carbonyl (C=O) groups excluding carboxylic acids is 3. The Balaban J connectivity index is 1.44. The fraction of sp³-hybridized carbons (Fsp3) is 0.0800. The van der Waals surface area contributed by atoms with Gasteiger partial charge in [0.25, 0.3) is 11.1 Å². The van der Waals surface area contributed by atoms with Gasteiger partial charge in [0.1, 0.15) is 19.0 Å². The first-order valence-corrected chi connectivity index (χ1v) is 12.3. The molecule has 0 unspecified atom stereocenters. The summed E-state index contributed by atoms with van der Waals surface area (Å²) in [6.07, 6.45) is 1.45. The predicted molar refractivity (Wildman–Crippen MR) is 140 cm³/mol. The first-order valence-electron chi connectivity index (χ1n) is 10.4. The van der Waals surface area contributed by atoms with Crippen LogP contribution >= 0.6 is 46.6 Å². The van der Waals surface area contributed by atoms with Crippen LogP contribution in [0.1, 0.15) is 11.1 Å². The molecule has 1 N–H and O–H groups in total. The second-order valence-corrected chi connectivity index (χ2v) is 9.74. The van der Waals surface area contributed by atoms with E-state index in [0.717, 1.165) is 4.90 Å². The largest absolute Gasteiger partial charge is 0.486 e. The fourth-order valence-corrected chi connectivity index (χ4v) is 4.90. The van der Waals surface area contributed by atoms with E-state index in [1.807, 2.05) is 0 Å². The van der Waals surface area contributed by atoms with Gasteiger partial charge >= 0.3 is 0 Å². The van der Waals surface area contributed by atoms with E-state index in [1.54, 1.807) is 36.4 Å². The zero-order chi connectivity index (χ0) is 25.8. The molecule has 0 atom stereocenters. The molecule has 0 radical (unpaired) electrons. The van der Waals surface area contributed by atoms with Crippen molar-refractivity contribution in [3.8, 4) is 5.75 Å². The second kappa shape index (κ2) is 11.3. The quantitative estimate of drug-likeness (QED) is 0.311. The highest BCUT2D eigenvalue weighted by Gasteiger charge is 2.36. The lowest BCUT2D eigenvalue weighted by Gasteiger charge is -2.13. The minimum atomic E-state index is -0.627. The summed E-state index contributed by atoms with van der Waals surface area (Å²) >= 11 is 19.4. The number of amides is 3. The lowest BCUT2D eigenvalue weighted by Crippen LogP contribution is -2.36. The molecule has 1 saturated heterocycles. The van der Waals surface area contributed by atoms with E-state index < -0.39 is 23.6 Å². The summed E-state index contributed by atoms with van der Waals surface area (Å²) in [6, 6.07) is 15.6. The Morgan fingerprint density at radius 2 is 1.72 bits per heavy atom. The average molecular weight is 566 g/mol. The third kappa shape index (κ3) is 6.20. The standard InChI is InChI=1S/C25H16Cl3FN2O4S/c26-17-6-1-2-7-20(17)30-22(32)12-31-24(33)21(36-25(31)34)11-15-9-18(27)23(19(28)10-15)35-13-14-4-3-5-16(29)8-14/h1-11H,12-13H2,(H,30,32)/b21-11+. The predicted octanol–water partition coefficient (Wildman–Crippen LogP) is 7.04. The van der Waals surface area contributed by atoms with Crippen LogP contribution in [0.5, 0.6) is 5.75 Å². The molecule has 3 aromatic carbocycles. The van der Waals surface area contributed by atoms with E-state index in [1.165, 1.54) is 30.3 Å². The molecule has 3 aromatic rings. The minimum Gasteiger partial charge on any atom is -0.486 e. The van der Waals surface area contributed by atoms with E-state index in [2.05, 4.69) is 5.32 Å². The Morgan fingerprint density at radius 1 is 1.00 bits per heavy atom. The molecule has 1 heterocycles. The van der Waals surface area contributed by atoms with E-state index in [-0.39, 0.29) is 33.1 Å². The molecule has 11 heteroatoms. The summed E-state index contributed by atoms with van der Waals surface area (Å²) in [5, 5.41) is 2.66. The van der Waals surface area contributed by atoms with Crippen LogP contribution in [0.3, 0.4) is 0 Å². The molecule has 1 aliphatic heterocycles. The minimum absolute atomic E-state index is 0.0473. The van der Waals surface area contributed by atoms with Crippen molar-refractivity contribution < 1.29 is 23.5 Å². The van der Waals surface area contributed by atoms with Gasteiger partial charge in [0.15, 0.2) is 5.75 Å². The third-order valence-electron chi connectivity index (χ3n) is 4.91. The fourth-order valence-electron chi connectivity index (χ4n) is 3.27. The summed E-state index contributed by atoms with van der Waals surface area (Å²) in [5.74, 6) is -1.39. The number of nitrogens with one attached hydrogen (secondary N) is 1. The average Bonchev–Trinajstić information content (AvgIpc) is 3.07. The monoisotopic (exact) mass is 564 g/mol. The van der Waals surface area contributed by atoms with E-state index >= 15 is 0 Å². The number of ether oxygens (including phenoxy) is 1. The van der Waals surface area contributed by atoms with E-state index in [0.29, 0.717) is 33.6 Å². The Hall–Kier alpha value is -3.04. The molecule has 0 aliphatic carbocycles. The molecule has 0 aromatic heterocycles. The molecule has 0 spiro atoms. The summed E-state index contributed by atoms with van der Waals surface area (Å²) in [6.45, 7) is -0.423. The van der Waals surface area contributed by atoms with Crippen LogP contribution in [0, 0.1) is 5.82 Å². The lowest BCUT2D eigenvalue weighted by atomic mass is 10.2. The number of rotatable bonds is 7. The van der Waals surface area contributed by atoms with Crippen LogP contribution in [-0.2, 0) is 16.2 Å². The van der Waals surface area contributed by atoms with Gasteiger partial charge < -0.3 is 10.1 Å². The molecule has 6 nitrogen and oxygen atoms in total. The third-order valence-corrected chi connectivity index (χ3v) is 6.71. The number of thioether (sulfide) groups is 1. The van der Waals surface area contributed by atoms with Gasteiger partial charge in [-0.05, 0) is 65.4 Å². The van der Waals surface area contributed by atoms with Gasteiger partial charge in [-0.15, -0.1) is 0 Å². The zero-order valence-electron chi connectivity index (χ0n) is 18.3. The molecule has 0 bridgehead atoms. The van der Waals surface area contributed by atoms with Crippen molar-refractivity contribution in [2.24, 2.45) is 0 Å². The maximum atomic E-state index is 13.4. The molecule has 0 saturated carbocycles. The van der Waals surface area contributed by atoms with Gasteiger partial charge in [-0.3, -0.25) is 19.3 Å². The van der Waals surface area contributed by atoms with Crippen LogP contribution in [0.15, 0.2) is 65.6 Å². The summed E-state index contributed by atoms with van der Waals surface area (Å²) in [7, 11) is 0. The van der Waals surface area contributed by atoms with Crippen molar-refractivity contribution in [2.75, 3.05) is 11.9 Å². The molecule has 1 fully saturated rings. The normalized spacial score (nSPS) is 14.4. The van der Waals surface area contributed by atoms with E-state index in [4.69, 9.17) is 39.5 Å². The molecule has 3 amide bonds. The number of hydrogen-bond acceptors (Lipinski definition) is 5. The van der Waals surface area contributed by atoms with Gasteiger partial charge in [-0.25, -0.2) is 4.39 Å². The maximum Gasteiger partial charge on any atom is 0.294 e. The smallest absolute Gasteiger partial charge is 0.294 e. The van der Waals surface area contributed by atoms with Gasteiger partial charge in [0, 0.05) is 0 Å². The summed E-state index contributed by atoms with van der Waals surface area (Å²) in [4.78, 5) is 38.5. The van der Waals surface area contributed by atoms with E-state index in [9.17, 15) is 18.8 Å². The highest BCUT2D eigenvalue weighted by molar-refractivity contribution is 8.18. The van der Waals surface area contributed by atoms with Crippen LogP contribution in [0.4, 0.5) is 14.9 Å².